The van der Waals surface area contributed by atoms with Crippen molar-refractivity contribution in [3.63, 3.8) is 0 Å². The van der Waals surface area contributed by atoms with E-state index in [0.29, 0.717) is 16.8 Å². The summed E-state index contributed by atoms with van der Waals surface area (Å²) >= 11 is 3.39. The van der Waals surface area contributed by atoms with E-state index >= 15 is 0 Å². The molecule has 31 heavy (non-hydrogen) atoms. The van der Waals surface area contributed by atoms with Crippen LogP contribution in [0.25, 0.3) is 16.8 Å². The second-order valence-corrected chi connectivity index (χ2v) is 10.4. The zero-order chi connectivity index (χ0) is 22.8. The van der Waals surface area contributed by atoms with Gasteiger partial charge in [-0.15, -0.1) is 0 Å². The maximum Gasteiger partial charge on any atom is 0.314 e. The van der Waals surface area contributed by atoms with Gasteiger partial charge in [-0.25, -0.2) is 8.42 Å². The van der Waals surface area contributed by atoms with E-state index in [0.717, 1.165) is 10.7 Å². The molecule has 1 atom stereocenters. The Morgan fingerprint density at radius 2 is 1.84 bits per heavy atom. The van der Waals surface area contributed by atoms with E-state index in [2.05, 4.69) is 21.0 Å². The number of aliphatic hydroxyl groups is 1. The molecule has 2 aromatic carbocycles. The van der Waals surface area contributed by atoms with Gasteiger partial charge in [0.1, 0.15) is 6.61 Å². The topological polar surface area (TPSA) is 98.5 Å². The minimum Gasteiger partial charge on any atom is -0.485 e. The number of aliphatic hydroxyl groups excluding tert-OH is 1. The molecule has 9 heteroatoms. The van der Waals surface area contributed by atoms with Gasteiger partial charge < -0.3 is 9.84 Å². The minimum absolute atomic E-state index is 0.0294. The molecular formula is C22H23BrN2O5S. The third kappa shape index (κ3) is 5.41. The molecule has 0 aliphatic rings. The summed E-state index contributed by atoms with van der Waals surface area (Å²) in [4.78, 5) is 13.4. The fourth-order valence-electron chi connectivity index (χ4n) is 2.82. The highest BCUT2D eigenvalue weighted by Gasteiger charge is 2.19. The van der Waals surface area contributed by atoms with Gasteiger partial charge in [0.15, 0.2) is 15.6 Å². The number of sulfone groups is 1. The Labute approximate surface area is 189 Å². The summed E-state index contributed by atoms with van der Waals surface area (Å²) < 4.78 is 31.3. The first-order valence-electron chi connectivity index (χ1n) is 9.57. The molecule has 0 amide bonds. The average Bonchev–Trinajstić information content (AvgIpc) is 2.71. The monoisotopic (exact) mass is 506 g/mol. The summed E-state index contributed by atoms with van der Waals surface area (Å²) in [5, 5.41) is 14.4. The molecule has 0 bridgehead atoms. The molecule has 1 aromatic heterocycles. The lowest BCUT2D eigenvalue weighted by molar-refractivity contribution is 0.0695. The van der Waals surface area contributed by atoms with Crippen LogP contribution in [0, 0.1) is 5.92 Å². The van der Waals surface area contributed by atoms with E-state index in [9.17, 15) is 18.3 Å². The van der Waals surface area contributed by atoms with Crippen LogP contribution in [-0.4, -0.2) is 42.3 Å². The molecule has 0 spiro atoms. The molecule has 3 aromatic rings. The third-order valence-corrected chi connectivity index (χ3v) is 6.37. The Kier molecular flexibility index (Phi) is 6.98. The number of nitrogens with zero attached hydrogens (tertiary/aromatic N) is 2. The number of benzene rings is 2. The van der Waals surface area contributed by atoms with Crippen LogP contribution < -0.4 is 10.3 Å². The number of hydrogen-bond acceptors (Lipinski definition) is 6. The quantitative estimate of drug-likeness (QED) is 0.526. The van der Waals surface area contributed by atoms with Crippen LogP contribution in [-0.2, 0) is 9.84 Å². The smallest absolute Gasteiger partial charge is 0.314 e. The summed E-state index contributed by atoms with van der Waals surface area (Å²) in [5.41, 5.74) is 1.05. The normalized spacial score (nSPS) is 12.7. The first-order valence-corrected chi connectivity index (χ1v) is 12.3. The Balaban J connectivity index is 2.11. The molecule has 0 fully saturated rings. The molecule has 1 N–H and O–H groups in total. The van der Waals surface area contributed by atoms with Crippen molar-refractivity contribution in [3.8, 4) is 22.6 Å². The summed E-state index contributed by atoms with van der Waals surface area (Å²) in [6, 6.07) is 13.3. The molecule has 1 heterocycles. The predicted molar refractivity (Wildman–Crippen MR) is 122 cm³/mol. The van der Waals surface area contributed by atoms with Crippen LogP contribution in [0.4, 0.5) is 0 Å². The lowest BCUT2D eigenvalue weighted by Gasteiger charge is -2.18. The van der Waals surface area contributed by atoms with E-state index in [1.54, 1.807) is 30.3 Å². The van der Waals surface area contributed by atoms with Crippen molar-refractivity contribution in [1.82, 2.24) is 9.78 Å². The molecule has 164 valence electrons. The summed E-state index contributed by atoms with van der Waals surface area (Å²) in [6.45, 7) is 3.64. The number of ether oxygens (including phenoxy) is 1. The van der Waals surface area contributed by atoms with Gasteiger partial charge in [-0.3, -0.25) is 4.79 Å². The van der Waals surface area contributed by atoms with Gasteiger partial charge in [-0.2, -0.15) is 9.78 Å². The molecule has 3 rings (SSSR count). The highest BCUT2D eigenvalue weighted by atomic mass is 79.9. The second kappa shape index (κ2) is 9.33. The number of rotatable bonds is 7. The lowest BCUT2D eigenvalue weighted by atomic mass is 10.1. The van der Waals surface area contributed by atoms with Crippen molar-refractivity contribution >= 4 is 25.8 Å². The van der Waals surface area contributed by atoms with Gasteiger partial charge >= 0.3 is 5.56 Å². The fraction of sp³-hybridized carbons (Fsp3) is 0.273. The largest absolute Gasteiger partial charge is 0.485 e. The van der Waals surface area contributed by atoms with E-state index in [4.69, 9.17) is 4.74 Å². The zero-order valence-electron chi connectivity index (χ0n) is 17.3. The molecule has 7 nitrogen and oxygen atoms in total. The Bertz CT molecular complexity index is 1240. The van der Waals surface area contributed by atoms with Gasteiger partial charge in [-0.05, 0) is 41.8 Å². The molecular weight excluding hydrogens is 484 g/mol. The second-order valence-electron chi connectivity index (χ2n) is 7.50. The Morgan fingerprint density at radius 1 is 1.16 bits per heavy atom. The zero-order valence-corrected chi connectivity index (χ0v) is 19.7. The van der Waals surface area contributed by atoms with E-state index < -0.39 is 21.5 Å². The Hall–Kier alpha value is -2.49. The van der Waals surface area contributed by atoms with Gasteiger partial charge in [0.25, 0.3) is 0 Å². The van der Waals surface area contributed by atoms with Crippen molar-refractivity contribution in [3.05, 3.63) is 69.6 Å². The highest BCUT2D eigenvalue weighted by Crippen LogP contribution is 2.28. The fourth-order valence-corrected chi connectivity index (χ4v) is 3.84. The molecule has 0 unspecified atom stereocenters. The standard InChI is InChI=1S/C22H23BrN2O5S/c1-14(2)20(26)13-30-21-19(15-7-9-18(10-8-15)31(3,28)29)12-24-25(22(21)27)17-6-4-5-16(23)11-17/h4-12,14,20,26H,13H2,1-3H3/t20-/m1/s1. The van der Waals surface area contributed by atoms with Gasteiger partial charge in [-0.1, -0.05) is 48.0 Å². The minimum atomic E-state index is -3.35. The van der Waals surface area contributed by atoms with Crippen molar-refractivity contribution in [1.29, 1.82) is 0 Å². The van der Waals surface area contributed by atoms with Crippen LogP contribution in [0.5, 0.6) is 5.75 Å². The van der Waals surface area contributed by atoms with Crippen LogP contribution >= 0.6 is 15.9 Å². The van der Waals surface area contributed by atoms with Crippen molar-refractivity contribution in [2.24, 2.45) is 5.92 Å². The number of halogens is 1. The highest BCUT2D eigenvalue weighted by molar-refractivity contribution is 9.10. The first kappa shape index (κ1) is 23.2. The SMILES string of the molecule is CC(C)[C@H](O)COc1c(-c2ccc(S(C)(=O)=O)cc2)cnn(-c2cccc(Br)c2)c1=O. The Morgan fingerprint density at radius 3 is 2.42 bits per heavy atom. The van der Waals surface area contributed by atoms with Crippen LogP contribution in [0.15, 0.2) is 68.9 Å². The maximum absolute atomic E-state index is 13.3. The summed E-state index contributed by atoms with van der Waals surface area (Å²) in [6.07, 6.45) is 1.87. The van der Waals surface area contributed by atoms with Gasteiger partial charge in [0.05, 0.1) is 22.9 Å². The molecule has 0 radical (unpaired) electrons. The average molecular weight is 507 g/mol. The van der Waals surface area contributed by atoms with Crippen molar-refractivity contribution in [2.75, 3.05) is 12.9 Å². The van der Waals surface area contributed by atoms with Gasteiger partial charge in [0.2, 0.25) is 0 Å². The first-order chi connectivity index (χ1) is 14.6. The third-order valence-electron chi connectivity index (χ3n) is 4.75. The maximum atomic E-state index is 13.3. The van der Waals surface area contributed by atoms with Gasteiger partial charge in [0, 0.05) is 16.3 Å². The van der Waals surface area contributed by atoms with E-state index in [-0.39, 0.29) is 23.2 Å². The summed E-state index contributed by atoms with van der Waals surface area (Å²) in [7, 11) is -3.35. The predicted octanol–water partition coefficient (Wildman–Crippen LogP) is 3.46. The van der Waals surface area contributed by atoms with E-state index in [1.165, 1.54) is 23.0 Å². The van der Waals surface area contributed by atoms with Crippen LogP contribution in [0.2, 0.25) is 0 Å². The molecule has 0 saturated carbocycles. The van der Waals surface area contributed by atoms with Crippen LogP contribution in [0.1, 0.15) is 13.8 Å². The van der Waals surface area contributed by atoms with Crippen molar-refractivity contribution in [2.45, 2.75) is 24.8 Å². The van der Waals surface area contributed by atoms with Crippen molar-refractivity contribution < 1.29 is 18.3 Å². The number of aromatic nitrogens is 2. The lowest BCUT2D eigenvalue weighted by Crippen LogP contribution is -2.28. The summed E-state index contributed by atoms with van der Waals surface area (Å²) in [5.74, 6) is -0.0200. The molecule has 0 aliphatic carbocycles. The molecule has 0 saturated heterocycles. The molecule has 0 aliphatic heterocycles. The van der Waals surface area contributed by atoms with Crippen LogP contribution in [0.3, 0.4) is 0 Å². The number of hydrogen-bond donors (Lipinski definition) is 1. The van der Waals surface area contributed by atoms with E-state index in [1.807, 2.05) is 19.9 Å².